The van der Waals surface area contributed by atoms with E-state index in [-0.39, 0.29) is 49.0 Å². The van der Waals surface area contributed by atoms with Crippen molar-refractivity contribution in [3.05, 3.63) is 104 Å². The van der Waals surface area contributed by atoms with E-state index >= 15 is 0 Å². The van der Waals surface area contributed by atoms with E-state index in [2.05, 4.69) is 104 Å². The molecule has 0 fully saturated rings. The Kier molecular flexibility index (Phi) is 11.3. The van der Waals surface area contributed by atoms with Gasteiger partial charge in [-0.25, -0.2) is 5.57 Å². The number of hydrogen-bond donors (Lipinski definition) is 0. The normalized spacial score (nSPS) is 19.4. The van der Waals surface area contributed by atoms with E-state index in [0.717, 1.165) is 0 Å². The summed E-state index contributed by atoms with van der Waals surface area (Å²) in [4.78, 5) is 0. The summed E-state index contributed by atoms with van der Waals surface area (Å²) in [5.41, 5.74) is 8.44. The third-order valence-electron chi connectivity index (χ3n) is 7.17. The van der Waals surface area contributed by atoms with Gasteiger partial charge in [0.1, 0.15) is 8.07 Å². The van der Waals surface area contributed by atoms with Gasteiger partial charge in [-0.15, -0.1) is 6.92 Å². The van der Waals surface area contributed by atoms with Gasteiger partial charge in [0.05, 0.1) is 0 Å². The summed E-state index contributed by atoms with van der Waals surface area (Å²) < 4.78 is 0. The zero-order chi connectivity index (χ0) is 19.3. The van der Waals surface area contributed by atoms with Crippen molar-refractivity contribution >= 4 is 18.4 Å². The summed E-state index contributed by atoms with van der Waals surface area (Å²) >= 11 is 0. The zero-order valence-corrected chi connectivity index (χ0v) is 23.6. The molecule has 160 valence electrons. The summed E-state index contributed by atoms with van der Waals surface area (Å²) in [6.07, 6.45) is 3.93. The van der Waals surface area contributed by atoms with Gasteiger partial charge in [-0.2, -0.15) is 11.1 Å². The summed E-state index contributed by atoms with van der Waals surface area (Å²) in [5, 5.41) is 2.97. The Hall–Kier alpha value is -1.15. The van der Waals surface area contributed by atoms with E-state index in [1.54, 1.807) is 0 Å². The predicted octanol–water partition coefficient (Wildman–Crippen LogP) is 7.01. The van der Waals surface area contributed by atoms with Crippen molar-refractivity contribution in [1.29, 1.82) is 0 Å². The van der Waals surface area contributed by atoms with Gasteiger partial charge < -0.3 is 22.3 Å². The molecule has 2 heteroatoms. The van der Waals surface area contributed by atoms with Crippen LogP contribution in [0.4, 0.5) is 0 Å². The maximum atomic E-state index is 3.93. The molecule has 1 aliphatic rings. The molecule has 0 radical (unpaired) electrons. The molecule has 0 spiro atoms. The van der Waals surface area contributed by atoms with Crippen LogP contribution in [0, 0.1) is 49.1 Å². The minimum atomic E-state index is -2.12. The van der Waals surface area contributed by atoms with Gasteiger partial charge in [0.25, 0.3) is 0 Å². The number of benzene rings is 2. The number of hydrogen-bond acceptors (Lipinski definition) is 0. The van der Waals surface area contributed by atoms with Crippen LogP contribution >= 0.6 is 0 Å². The molecule has 2 atom stereocenters. The smallest absolute Gasteiger partial charge is 0.358 e. The molecule has 0 N–H and O–H groups in total. The van der Waals surface area contributed by atoms with Crippen molar-refractivity contribution in [3.8, 4) is 0 Å². The molecule has 2 aromatic rings. The largest absolute Gasteiger partial charge is 4.00 e. The van der Waals surface area contributed by atoms with E-state index in [9.17, 15) is 0 Å². The third-order valence-corrected chi connectivity index (χ3v) is 12.6. The first-order valence-electron chi connectivity index (χ1n) is 9.57. The van der Waals surface area contributed by atoms with Crippen LogP contribution in [0.2, 0.25) is 11.6 Å². The molecule has 0 aliphatic heterocycles. The van der Waals surface area contributed by atoms with Gasteiger partial charge in [0.15, 0.2) is 0 Å². The number of allylic oxidation sites excluding steroid dienone is 4. The number of rotatable bonds is 3. The van der Waals surface area contributed by atoms with Gasteiger partial charge in [-0.3, -0.25) is 6.08 Å². The molecule has 3 rings (SSSR count). The van der Waals surface area contributed by atoms with Crippen LogP contribution in [-0.4, -0.2) is 8.07 Å². The average Bonchev–Trinajstić information content (AvgIpc) is 2.83. The van der Waals surface area contributed by atoms with Crippen molar-refractivity contribution in [2.75, 3.05) is 0 Å². The van der Waals surface area contributed by atoms with Crippen molar-refractivity contribution in [3.63, 3.8) is 0 Å². The second kappa shape index (κ2) is 10.9. The van der Waals surface area contributed by atoms with E-state index in [1.807, 2.05) is 0 Å². The van der Waals surface area contributed by atoms with Gasteiger partial charge in [0.2, 0.25) is 0 Å². The van der Waals surface area contributed by atoms with Crippen molar-refractivity contribution in [2.45, 2.75) is 60.1 Å². The van der Waals surface area contributed by atoms with Crippen LogP contribution in [0.15, 0.2) is 59.2 Å². The quantitative estimate of drug-likeness (QED) is 0.347. The first kappa shape index (κ1) is 31.0. The molecule has 0 aromatic heterocycles. The molecular formula is C28H40SiTi. The molecule has 1 aliphatic carbocycles. The van der Waals surface area contributed by atoms with Crippen molar-refractivity contribution in [2.24, 2.45) is 0 Å². The Labute approximate surface area is 203 Å². The molecule has 0 bridgehead atoms. The first-order valence-corrected chi connectivity index (χ1v) is 12.1. The summed E-state index contributed by atoms with van der Waals surface area (Å²) in [6.45, 7) is 18.5. The fourth-order valence-corrected chi connectivity index (χ4v) is 9.29. The molecule has 0 amide bonds. The molecule has 2 aromatic carbocycles. The van der Waals surface area contributed by atoms with Crippen LogP contribution in [0.1, 0.15) is 44.4 Å². The standard InChI is InChI=1S/C25H31Si.3CH3.Ti/c1-17-14-24(15-18(2)20(17)4)26(8,23-12-10-9-11-13-23)25(7)16-19(3)21(5)22(25)6;;;;/h9-15H,1-8H3;3*1H3;/q4*-1;+4. The first-order chi connectivity index (χ1) is 12.1. The van der Waals surface area contributed by atoms with Gasteiger partial charge >= 0.3 is 21.7 Å². The van der Waals surface area contributed by atoms with Crippen molar-refractivity contribution in [1.82, 2.24) is 0 Å². The van der Waals surface area contributed by atoms with Crippen LogP contribution in [0.3, 0.4) is 0 Å². The zero-order valence-electron chi connectivity index (χ0n) is 21.0. The van der Waals surface area contributed by atoms with E-state index in [0.29, 0.717) is 0 Å². The minimum absolute atomic E-state index is 0. The van der Waals surface area contributed by atoms with Crippen LogP contribution in [0.25, 0.3) is 0 Å². The Bertz CT molecular complexity index is 900. The van der Waals surface area contributed by atoms with E-state index in [1.165, 1.54) is 43.8 Å². The Morgan fingerprint density at radius 1 is 0.767 bits per heavy atom. The molecular weight excluding hydrogens is 412 g/mol. The second-order valence-corrected chi connectivity index (χ2v) is 12.8. The Balaban J connectivity index is 0. The number of aryl methyl sites for hydroxylation is 2. The summed E-state index contributed by atoms with van der Waals surface area (Å²) in [6, 6.07) is 16.1. The predicted molar refractivity (Wildman–Crippen MR) is 136 cm³/mol. The fraction of sp³-hybridized carbons (Fsp3) is 0.321. The van der Waals surface area contributed by atoms with Crippen LogP contribution in [0.5, 0.6) is 0 Å². The molecule has 2 unspecified atom stereocenters. The fourth-order valence-electron chi connectivity index (χ4n) is 4.56. The van der Waals surface area contributed by atoms with Gasteiger partial charge in [-0.1, -0.05) is 85.2 Å². The third kappa shape index (κ3) is 4.54. The SMILES string of the molecule is CC1=[C-]C(C)([Si](C)(c2ccccc2)c2cc(C)c(C)c(C)c2)C(C)=C1C.[CH3-].[CH3-].[CH3-].[Ti+4]. The maximum Gasteiger partial charge on any atom is 4.00 e. The van der Waals surface area contributed by atoms with Crippen LogP contribution in [-0.2, 0) is 21.7 Å². The van der Waals surface area contributed by atoms with E-state index < -0.39 is 8.07 Å². The summed E-state index contributed by atoms with van der Waals surface area (Å²) in [5.74, 6) is 0. The molecule has 0 heterocycles. The Morgan fingerprint density at radius 3 is 1.63 bits per heavy atom. The molecule has 0 saturated heterocycles. The monoisotopic (exact) mass is 452 g/mol. The van der Waals surface area contributed by atoms with Crippen LogP contribution < -0.4 is 10.4 Å². The van der Waals surface area contributed by atoms with Crippen molar-refractivity contribution < 1.29 is 21.7 Å². The van der Waals surface area contributed by atoms with Gasteiger partial charge in [-0.05, 0) is 37.5 Å². The topological polar surface area (TPSA) is 0 Å². The summed E-state index contributed by atoms with van der Waals surface area (Å²) in [7, 11) is -2.12. The Morgan fingerprint density at radius 2 is 1.23 bits per heavy atom. The maximum absolute atomic E-state index is 3.93. The molecule has 0 nitrogen and oxygen atoms in total. The van der Waals surface area contributed by atoms with Gasteiger partial charge in [0, 0.05) is 0 Å². The second-order valence-electron chi connectivity index (χ2n) is 8.35. The minimum Gasteiger partial charge on any atom is -0.358 e. The average molecular weight is 453 g/mol. The van der Waals surface area contributed by atoms with E-state index in [4.69, 9.17) is 0 Å². The molecule has 0 saturated carbocycles. The molecule has 30 heavy (non-hydrogen) atoms.